The second-order valence-corrected chi connectivity index (χ2v) is 12.7. The summed E-state index contributed by atoms with van der Waals surface area (Å²) in [5.41, 5.74) is 0.487. The lowest BCUT2D eigenvalue weighted by atomic mass is 10.0. The molecule has 0 amide bonds. The normalized spacial score (nSPS) is 11.1. The van der Waals surface area contributed by atoms with Gasteiger partial charge in [0.2, 0.25) is 0 Å². The monoisotopic (exact) mass is 603 g/mol. The Morgan fingerprint density at radius 1 is 0.442 bits per heavy atom. The van der Waals surface area contributed by atoms with Gasteiger partial charge < -0.3 is 14.2 Å². The van der Waals surface area contributed by atoms with E-state index in [2.05, 4.69) is 13.8 Å². The summed E-state index contributed by atoms with van der Waals surface area (Å²) in [6.45, 7) is 5.90. The van der Waals surface area contributed by atoms with Crippen LogP contribution >= 0.6 is 0 Å². The number of benzene rings is 1. The summed E-state index contributed by atoms with van der Waals surface area (Å²) >= 11 is 0. The molecular weight excluding hydrogens is 532 g/mol. The van der Waals surface area contributed by atoms with Crippen LogP contribution in [0.15, 0.2) is 18.2 Å². The van der Waals surface area contributed by atoms with Crippen molar-refractivity contribution < 1.29 is 19.0 Å². The van der Waals surface area contributed by atoms with Crippen LogP contribution in [0.5, 0.6) is 11.5 Å². The predicted molar refractivity (Wildman–Crippen MR) is 185 cm³/mol. The Balaban J connectivity index is 2.12. The number of unbranched alkanes of at least 4 members (excludes halogenated alkanes) is 25. The van der Waals surface area contributed by atoms with E-state index in [9.17, 15) is 4.79 Å². The number of hydrogen-bond acceptors (Lipinski definition) is 4. The summed E-state index contributed by atoms with van der Waals surface area (Å²) in [6.07, 6.45) is 36.2. The van der Waals surface area contributed by atoms with Crippen molar-refractivity contribution in [3.05, 3.63) is 23.8 Å². The molecule has 0 heterocycles. The Morgan fingerprint density at radius 3 is 1.00 bits per heavy atom. The third kappa shape index (κ3) is 24.3. The Labute approximate surface area is 267 Å². The van der Waals surface area contributed by atoms with E-state index in [0.717, 1.165) is 12.8 Å². The minimum Gasteiger partial charge on any atom is -0.493 e. The first-order chi connectivity index (χ1) is 21.2. The van der Waals surface area contributed by atoms with Gasteiger partial charge in [0.25, 0.3) is 0 Å². The van der Waals surface area contributed by atoms with Crippen molar-refractivity contribution in [3.8, 4) is 11.5 Å². The van der Waals surface area contributed by atoms with Gasteiger partial charge in [0.1, 0.15) is 11.5 Å². The lowest BCUT2D eigenvalue weighted by Gasteiger charge is -2.12. The smallest absolute Gasteiger partial charge is 0.338 e. The fourth-order valence-corrected chi connectivity index (χ4v) is 5.77. The van der Waals surface area contributed by atoms with E-state index in [4.69, 9.17) is 14.2 Å². The molecule has 0 aromatic heterocycles. The number of methoxy groups -OCH3 is 1. The largest absolute Gasteiger partial charge is 0.493 e. The van der Waals surface area contributed by atoms with Crippen molar-refractivity contribution in [1.29, 1.82) is 0 Å². The lowest BCUT2D eigenvalue weighted by Crippen LogP contribution is -2.05. The highest BCUT2D eigenvalue weighted by atomic mass is 16.5. The summed E-state index contributed by atoms with van der Waals surface area (Å²) in [7, 11) is 1.42. The first kappa shape index (κ1) is 39.3. The molecule has 0 aliphatic heterocycles. The van der Waals surface area contributed by atoms with Gasteiger partial charge in [-0.25, -0.2) is 4.79 Å². The molecule has 1 aromatic rings. The predicted octanol–water partition coefficient (Wildman–Crippen LogP) is 12.8. The zero-order chi connectivity index (χ0) is 31.1. The van der Waals surface area contributed by atoms with Gasteiger partial charge in [-0.2, -0.15) is 0 Å². The zero-order valence-corrected chi connectivity index (χ0v) is 28.9. The Morgan fingerprint density at radius 2 is 0.721 bits per heavy atom. The molecule has 0 N–H and O–H groups in total. The van der Waals surface area contributed by atoms with Gasteiger partial charge in [0.05, 0.1) is 25.9 Å². The Kier molecular flexibility index (Phi) is 27.7. The highest BCUT2D eigenvalue weighted by Crippen LogP contribution is 2.25. The van der Waals surface area contributed by atoms with Crippen molar-refractivity contribution in [2.24, 2.45) is 0 Å². The van der Waals surface area contributed by atoms with Crippen LogP contribution in [0.4, 0.5) is 0 Å². The number of carbonyl (C=O) groups excluding carboxylic acids is 1. The minimum atomic E-state index is -0.354. The van der Waals surface area contributed by atoms with E-state index in [0.29, 0.717) is 30.3 Å². The van der Waals surface area contributed by atoms with E-state index in [1.165, 1.54) is 168 Å². The van der Waals surface area contributed by atoms with Crippen LogP contribution in [0.25, 0.3) is 0 Å². The van der Waals surface area contributed by atoms with Crippen LogP contribution in [0.2, 0.25) is 0 Å². The second kappa shape index (κ2) is 30.3. The first-order valence-corrected chi connectivity index (χ1v) is 18.7. The number of rotatable bonds is 32. The molecule has 4 nitrogen and oxygen atoms in total. The van der Waals surface area contributed by atoms with Gasteiger partial charge in [-0.1, -0.05) is 174 Å². The van der Waals surface area contributed by atoms with Crippen molar-refractivity contribution in [1.82, 2.24) is 0 Å². The van der Waals surface area contributed by atoms with E-state index < -0.39 is 0 Å². The highest BCUT2D eigenvalue weighted by molar-refractivity contribution is 5.90. The van der Waals surface area contributed by atoms with Crippen molar-refractivity contribution in [2.75, 3.05) is 20.3 Å². The van der Waals surface area contributed by atoms with Gasteiger partial charge in [-0.15, -0.1) is 0 Å². The summed E-state index contributed by atoms with van der Waals surface area (Å²) in [5.74, 6) is 1.03. The third-order valence-electron chi connectivity index (χ3n) is 8.58. The average Bonchev–Trinajstić information content (AvgIpc) is 3.02. The molecule has 1 rings (SSSR count). The van der Waals surface area contributed by atoms with Crippen LogP contribution in [0, 0.1) is 0 Å². The van der Waals surface area contributed by atoms with Crippen molar-refractivity contribution in [2.45, 2.75) is 187 Å². The van der Waals surface area contributed by atoms with Crippen molar-refractivity contribution >= 4 is 5.97 Å². The summed E-state index contributed by atoms with van der Waals surface area (Å²) in [5, 5.41) is 0. The maximum absolute atomic E-state index is 12.2. The fourth-order valence-electron chi connectivity index (χ4n) is 5.77. The number of hydrogen-bond donors (Lipinski definition) is 0. The van der Waals surface area contributed by atoms with Gasteiger partial charge >= 0.3 is 5.97 Å². The fraction of sp³-hybridized carbons (Fsp3) is 0.821. The minimum absolute atomic E-state index is 0.354. The molecular formula is C39H70O4. The third-order valence-corrected chi connectivity index (χ3v) is 8.58. The number of esters is 1. The van der Waals surface area contributed by atoms with Gasteiger partial charge in [0, 0.05) is 6.07 Å². The standard InChI is InChI=1S/C39H70O4/c1-4-6-8-10-12-14-16-18-20-22-24-26-28-30-32-43-38-34-36(39(40)41-3)33-37(35-38)42-31-29-27-25-23-21-19-17-15-13-11-9-7-5-2/h33-35H,4-32H2,1-3H3. The Hall–Kier alpha value is -1.71. The summed E-state index contributed by atoms with van der Waals surface area (Å²) in [6, 6.07) is 5.46. The van der Waals surface area contributed by atoms with Crippen LogP contribution in [-0.4, -0.2) is 26.3 Å². The molecule has 0 fully saturated rings. The number of carbonyl (C=O) groups is 1. The molecule has 0 unspecified atom stereocenters. The maximum atomic E-state index is 12.2. The van der Waals surface area contributed by atoms with Crippen molar-refractivity contribution in [3.63, 3.8) is 0 Å². The SMILES string of the molecule is CCCCCCCCCCCCCCCCOc1cc(OCCCCCCCCCCCCCCC)cc(C(=O)OC)c1. The topological polar surface area (TPSA) is 44.8 Å². The van der Waals surface area contributed by atoms with E-state index in [1.807, 2.05) is 6.07 Å². The molecule has 0 saturated carbocycles. The molecule has 0 aliphatic rings. The van der Waals surface area contributed by atoms with Gasteiger partial charge in [0.15, 0.2) is 0 Å². The Bertz CT molecular complexity index is 747. The molecule has 0 bridgehead atoms. The molecule has 0 atom stereocenters. The van der Waals surface area contributed by atoms with Crippen LogP contribution in [-0.2, 0) is 4.74 Å². The second-order valence-electron chi connectivity index (χ2n) is 12.7. The lowest BCUT2D eigenvalue weighted by molar-refractivity contribution is 0.0599. The molecule has 43 heavy (non-hydrogen) atoms. The van der Waals surface area contributed by atoms with Crippen LogP contribution < -0.4 is 9.47 Å². The first-order valence-electron chi connectivity index (χ1n) is 18.7. The van der Waals surface area contributed by atoms with Crippen LogP contribution in [0.1, 0.15) is 198 Å². The summed E-state index contributed by atoms with van der Waals surface area (Å²) in [4.78, 5) is 12.2. The van der Waals surface area contributed by atoms with Gasteiger partial charge in [-0.05, 0) is 25.0 Å². The molecule has 0 saturated heterocycles. The molecule has 4 heteroatoms. The molecule has 0 spiro atoms. The molecule has 0 radical (unpaired) electrons. The van der Waals surface area contributed by atoms with Crippen LogP contribution in [0.3, 0.4) is 0 Å². The molecule has 1 aromatic carbocycles. The molecule has 0 aliphatic carbocycles. The number of ether oxygens (including phenoxy) is 3. The van der Waals surface area contributed by atoms with E-state index in [-0.39, 0.29) is 5.97 Å². The average molecular weight is 603 g/mol. The zero-order valence-electron chi connectivity index (χ0n) is 28.9. The quantitative estimate of drug-likeness (QED) is 0.0608. The maximum Gasteiger partial charge on any atom is 0.338 e. The summed E-state index contributed by atoms with van der Waals surface area (Å²) < 4.78 is 17.0. The van der Waals surface area contributed by atoms with E-state index in [1.54, 1.807) is 12.1 Å². The molecule has 250 valence electrons. The van der Waals surface area contributed by atoms with E-state index >= 15 is 0 Å². The van der Waals surface area contributed by atoms with Gasteiger partial charge in [-0.3, -0.25) is 0 Å². The highest BCUT2D eigenvalue weighted by Gasteiger charge is 2.11.